The SMILES string of the molecule is CC(C)OCCOCc1csc(CN)n1. The molecule has 0 radical (unpaired) electrons. The number of hydrogen-bond acceptors (Lipinski definition) is 5. The van der Waals surface area contributed by atoms with Crippen LogP contribution in [0.25, 0.3) is 0 Å². The second kappa shape index (κ2) is 6.90. The largest absolute Gasteiger partial charge is 0.376 e. The molecular weight excluding hydrogens is 212 g/mol. The summed E-state index contributed by atoms with van der Waals surface area (Å²) in [5.74, 6) is 0. The van der Waals surface area contributed by atoms with Crippen LogP contribution in [0, 0.1) is 0 Å². The Morgan fingerprint density at radius 3 is 2.87 bits per heavy atom. The molecule has 0 aliphatic rings. The highest BCUT2D eigenvalue weighted by atomic mass is 32.1. The maximum absolute atomic E-state index is 5.46. The third-order valence-corrected chi connectivity index (χ3v) is 2.62. The van der Waals surface area contributed by atoms with E-state index in [0.717, 1.165) is 10.7 Å². The second-order valence-electron chi connectivity index (χ2n) is 3.41. The Hall–Kier alpha value is -0.490. The van der Waals surface area contributed by atoms with Crippen LogP contribution in [0.2, 0.25) is 0 Å². The van der Waals surface area contributed by atoms with Gasteiger partial charge in [-0.15, -0.1) is 11.3 Å². The van der Waals surface area contributed by atoms with Crippen molar-refractivity contribution in [2.24, 2.45) is 5.73 Å². The Morgan fingerprint density at radius 2 is 2.27 bits per heavy atom. The van der Waals surface area contributed by atoms with Gasteiger partial charge < -0.3 is 15.2 Å². The van der Waals surface area contributed by atoms with Gasteiger partial charge in [0, 0.05) is 11.9 Å². The molecule has 1 heterocycles. The van der Waals surface area contributed by atoms with Crippen molar-refractivity contribution >= 4 is 11.3 Å². The monoisotopic (exact) mass is 230 g/mol. The van der Waals surface area contributed by atoms with Gasteiger partial charge in [0.15, 0.2) is 0 Å². The molecule has 4 nitrogen and oxygen atoms in total. The summed E-state index contributed by atoms with van der Waals surface area (Å²) in [6.07, 6.45) is 0.261. The number of ether oxygens (including phenoxy) is 2. The molecular formula is C10H18N2O2S. The first-order chi connectivity index (χ1) is 7.22. The molecule has 5 heteroatoms. The van der Waals surface area contributed by atoms with E-state index in [1.165, 1.54) is 0 Å². The molecule has 1 rings (SSSR count). The lowest BCUT2D eigenvalue weighted by molar-refractivity contribution is 0.0136. The summed E-state index contributed by atoms with van der Waals surface area (Å²) in [4.78, 5) is 4.29. The lowest BCUT2D eigenvalue weighted by Gasteiger charge is -2.06. The average molecular weight is 230 g/mol. The van der Waals surface area contributed by atoms with Gasteiger partial charge in [-0.1, -0.05) is 0 Å². The van der Waals surface area contributed by atoms with Crippen LogP contribution in [0.3, 0.4) is 0 Å². The summed E-state index contributed by atoms with van der Waals surface area (Å²) in [5, 5.41) is 2.93. The van der Waals surface area contributed by atoms with Crippen LogP contribution >= 0.6 is 11.3 Å². The third kappa shape index (κ3) is 5.22. The quantitative estimate of drug-likeness (QED) is 0.722. The van der Waals surface area contributed by atoms with E-state index in [4.69, 9.17) is 15.2 Å². The van der Waals surface area contributed by atoms with Gasteiger partial charge >= 0.3 is 0 Å². The number of hydrogen-bond donors (Lipinski definition) is 1. The molecule has 0 saturated carbocycles. The molecule has 1 aromatic heterocycles. The van der Waals surface area contributed by atoms with E-state index in [2.05, 4.69) is 4.98 Å². The summed E-state index contributed by atoms with van der Waals surface area (Å²) in [6, 6.07) is 0. The zero-order chi connectivity index (χ0) is 11.1. The predicted molar refractivity (Wildman–Crippen MR) is 60.7 cm³/mol. The zero-order valence-electron chi connectivity index (χ0n) is 9.23. The zero-order valence-corrected chi connectivity index (χ0v) is 10.0. The van der Waals surface area contributed by atoms with Gasteiger partial charge in [-0.05, 0) is 13.8 Å². The van der Waals surface area contributed by atoms with Crippen molar-refractivity contribution < 1.29 is 9.47 Å². The molecule has 0 unspecified atom stereocenters. The van der Waals surface area contributed by atoms with E-state index in [-0.39, 0.29) is 6.10 Å². The normalized spacial score (nSPS) is 11.2. The molecule has 0 aliphatic heterocycles. The van der Waals surface area contributed by atoms with Crippen molar-refractivity contribution in [2.75, 3.05) is 13.2 Å². The van der Waals surface area contributed by atoms with Gasteiger partial charge in [-0.25, -0.2) is 4.98 Å². The fraction of sp³-hybridized carbons (Fsp3) is 0.700. The van der Waals surface area contributed by atoms with Gasteiger partial charge in [-0.3, -0.25) is 0 Å². The minimum absolute atomic E-state index is 0.261. The molecule has 0 saturated heterocycles. The lowest BCUT2D eigenvalue weighted by atomic mass is 10.5. The molecule has 0 bridgehead atoms. The standard InChI is InChI=1S/C10H18N2O2S/c1-8(2)14-4-3-13-6-9-7-15-10(5-11)12-9/h7-8H,3-6,11H2,1-2H3. The highest BCUT2D eigenvalue weighted by Gasteiger charge is 2.00. The number of thiazole rings is 1. The summed E-state index contributed by atoms with van der Waals surface area (Å²) in [7, 11) is 0. The highest BCUT2D eigenvalue weighted by molar-refractivity contribution is 7.09. The van der Waals surface area contributed by atoms with Crippen LogP contribution < -0.4 is 5.73 Å². The van der Waals surface area contributed by atoms with E-state index >= 15 is 0 Å². The molecule has 86 valence electrons. The molecule has 0 aromatic carbocycles. The van der Waals surface area contributed by atoms with Gasteiger partial charge in [0.05, 0.1) is 31.6 Å². The Labute approximate surface area is 94.4 Å². The number of nitrogens with zero attached hydrogens (tertiary/aromatic N) is 1. The molecule has 1 aromatic rings. The first-order valence-electron chi connectivity index (χ1n) is 5.05. The van der Waals surface area contributed by atoms with Crippen molar-refractivity contribution in [3.8, 4) is 0 Å². The van der Waals surface area contributed by atoms with Crippen molar-refractivity contribution in [2.45, 2.75) is 33.1 Å². The minimum atomic E-state index is 0.261. The van der Waals surface area contributed by atoms with Crippen LogP contribution in [0.5, 0.6) is 0 Å². The van der Waals surface area contributed by atoms with Crippen molar-refractivity contribution in [3.63, 3.8) is 0 Å². The molecule has 0 fully saturated rings. The van der Waals surface area contributed by atoms with Crippen molar-refractivity contribution in [3.05, 3.63) is 16.1 Å². The predicted octanol–water partition coefficient (Wildman–Crippen LogP) is 1.54. The summed E-state index contributed by atoms with van der Waals surface area (Å²) >= 11 is 1.57. The Bertz CT molecular complexity index is 276. The van der Waals surface area contributed by atoms with Crippen LogP contribution in [0.4, 0.5) is 0 Å². The highest BCUT2D eigenvalue weighted by Crippen LogP contribution is 2.09. The maximum atomic E-state index is 5.46. The fourth-order valence-electron chi connectivity index (χ4n) is 1.03. The van der Waals surface area contributed by atoms with Crippen LogP contribution in [-0.4, -0.2) is 24.3 Å². The van der Waals surface area contributed by atoms with E-state index in [1.807, 2.05) is 19.2 Å². The second-order valence-corrected chi connectivity index (χ2v) is 4.35. The summed E-state index contributed by atoms with van der Waals surface area (Å²) < 4.78 is 10.7. The van der Waals surface area contributed by atoms with Gasteiger partial charge in [0.25, 0.3) is 0 Å². The summed E-state index contributed by atoms with van der Waals surface area (Å²) in [5.41, 5.74) is 6.41. The Morgan fingerprint density at radius 1 is 1.47 bits per heavy atom. The number of nitrogens with two attached hydrogens (primary N) is 1. The maximum Gasteiger partial charge on any atom is 0.107 e. The van der Waals surface area contributed by atoms with Crippen molar-refractivity contribution in [1.29, 1.82) is 0 Å². The third-order valence-electron chi connectivity index (χ3n) is 1.70. The van der Waals surface area contributed by atoms with Crippen LogP contribution in [0.1, 0.15) is 24.5 Å². The smallest absolute Gasteiger partial charge is 0.107 e. The topological polar surface area (TPSA) is 57.4 Å². The fourth-order valence-corrected chi connectivity index (χ4v) is 1.69. The molecule has 0 spiro atoms. The van der Waals surface area contributed by atoms with E-state index in [0.29, 0.717) is 26.4 Å². The molecule has 2 N–H and O–H groups in total. The van der Waals surface area contributed by atoms with Crippen molar-refractivity contribution in [1.82, 2.24) is 4.98 Å². The van der Waals surface area contributed by atoms with E-state index in [1.54, 1.807) is 11.3 Å². The lowest BCUT2D eigenvalue weighted by Crippen LogP contribution is -2.09. The van der Waals surface area contributed by atoms with Gasteiger partial charge in [-0.2, -0.15) is 0 Å². The summed E-state index contributed by atoms with van der Waals surface area (Å²) in [6.45, 7) is 6.29. The molecule has 0 aliphatic carbocycles. The van der Waals surface area contributed by atoms with Gasteiger partial charge in [0.1, 0.15) is 5.01 Å². The first-order valence-corrected chi connectivity index (χ1v) is 5.93. The molecule has 0 atom stereocenters. The van der Waals surface area contributed by atoms with E-state index < -0.39 is 0 Å². The Kier molecular flexibility index (Phi) is 5.78. The molecule has 15 heavy (non-hydrogen) atoms. The minimum Gasteiger partial charge on any atom is -0.376 e. The molecule has 0 amide bonds. The number of rotatable bonds is 7. The first kappa shape index (κ1) is 12.6. The van der Waals surface area contributed by atoms with Gasteiger partial charge in [0.2, 0.25) is 0 Å². The van der Waals surface area contributed by atoms with Crippen LogP contribution in [0.15, 0.2) is 5.38 Å². The Balaban J connectivity index is 2.09. The number of aromatic nitrogens is 1. The average Bonchev–Trinajstić information content (AvgIpc) is 2.65. The van der Waals surface area contributed by atoms with E-state index in [9.17, 15) is 0 Å². The van der Waals surface area contributed by atoms with Crippen LogP contribution in [-0.2, 0) is 22.6 Å².